The minimum absolute atomic E-state index is 1.03. The molecule has 0 amide bonds. The summed E-state index contributed by atoms with van der Waals surface area (Å²) >= 11 is 0. The molecule has 0 radical (unpaired) electrons. The molecule has 92 valence electrons. The largest absolute Gasteiger partial charge is 0.388 e. The predicted molar refractivity (Wildman–Crippen MR) is 77.3 cm³/mol. The SMILES string of the molecule is CNc1cccc(Cc2ccc3c(c2)CCC3)c1. The number of nitrogens with one attached hydrogen (secondary N) is 1. The van der Waals surface area contributed by atoms with Crippen LogP contribution in [0.25, 0.3) is 0 Å². The molecule has 0 unspecified atom stereocenters. The fourth-order valence-electron chi connectivity index (χ4n) is 2.81. The highest BCUT2D eigenvalue weighted by atomic mass is 14.8. The molecular formula is C17H19N. The minimum Gasteiger partial charge on any atom is -0.388 e. The molecule has 0 fully saturated rings. The lowest BCUT2D eigenvalue weighted by molar-refractivity contribution is 0.911. The Hall–Kier alpha value is -1.76. The quantitative estimate of drug-likeness (QED) is 0.856. The molecule has 1 N–H and O–H groups in total. The highest BCUT2D eigenvalue weighted by molar-refractivity contribution is 5.46. The van der Waals surface area contributed by atoms with Crippen molar-refractivity contribution in [1.82, 2.24) is 0 Å². The third-order valence-corrected chi connectivity index (χ3v) is 3.79. The molecule has 0 spiro atoms. The molecule has 2 aromatic carbocycles. The van der Waals surface area contributed by atoms with Crippen molar-refractivity contribution in [3.8, 4) is 0 Å². The zero-order chi connectivity index (χ0) is 12.4. The Kier molecular flexibility index (Phi) is 3.06. The Balaban J connectivity index is 1.83. The normalized spacial score (nSPS) is 13.4. The van der Waals surface area contributed by atoms with Gasteiger partial charge in [0.1, 0.15) is 0 Å². The van der Waals surface area contributed by atoms with Gasteiger partial charge in [0.25, 0.3) is 0 Å². The van der Waals surface area contributed by atoms with Crippen LogP contribution in [0.2, 0.25) is 0 Å². The monoisotopic (exact) mass is 237 g/mol. The van der Waals surface area contributed by atoms with Gasteiger partial charge >= 0.3 is 0 Å². The van der Waals surface area contributed by atoms with Crippen LogP contribution in [-0.4, -0.2) is 7.05 Å². The third-order valence-electron chi connectivity index (χ3n) is 3.79. The maximum atomic E-state index is 3.19. The summed E-state index contributed by atoms with van der Waals surface area (Å²) in [6.07, 6.45) is 4.89. The van der Waals surface area contributed by atoms with Crippen LogP contribution in [0.4, 0.5) is 5.69 Å². The summed E-state index contributed by atoms with van der Waals surface area (Å²) in [5, 5.41) is 3.19. The molecule has 2 aromatic rings. The van der Waals surface area contributed by atoms with Gasteiger partial charge < -0.3 is 5.32 Å². The Morgan fingerprint density at radius 3 is 2.67 bits per heavy atom. The van der Waals surface area contributed by atoms with Crippen molar-refractivity contribution in [2.24, 2.45) is 0 Å². The first-order valence-corrected chi connectivity index (χ1v) is 6.72. The Labute approximate surface area is 109 Å². The van der Waals surface area contributed by atoms with Crippen molar-refractivity contribution in [2.75, 3.05) is 12.4 Å². The van der Waals surface area contributed by atoms with E-state index in [4.69, 9.17) is 0 Å². The van der Waals surface area contributed by atoms with Gasteiger partial charge in [0, 0.05) is 12.7 Å². The fourth-order valence-corrected chi connectivity index (χ4v) is 2.81. The van der Waals surface area contributed by atoms with Gasteiger partial charge in [0.2, 0.25) is 0 Å². The lowest BCUT2D eigenvalue weighted by atomic mass is 10.0. The number of aryl methyl sites for hydroxylation is 2. The molecular weight excluding hydrogens is 218 g/mol. The maximum absolute atomic E-state index is 3.19. The first-order valence-electron chi connectivity index (χ1n) is 6.72. The molecule has 3 rings (SSSR count). The van der Waals surface area contributed by atoms with Crippen LogP contribution in [0.1, 0.15) is 28.7 Å². The van der Waals surface area contributed by atoms with Crippen LogP contribution < -0.4 is 5.32 Å². The van der Waals surface area contributed by atoms with Gasteiger partial charge in [-0.1, -0.05) is 30.3 Å². The van der Waals surface area contributed by atoms with E-state index in [0.717, 1.165) is 6.42 Å². The molecule has 0 aliphatic heterocycles. The van der Waals surface area contributed by atoms with Gasteiger partial charge in [-0.25, -0.2) is 0 Å². The molecule has 0 saturated heterocycles. The summed E-state index contributed by atoms with van der Waals surface area (Å²) in [6, 6.07) is 15.7. The summed E-state index contributed by atoms with van der Waals surface area (Å²) < 4.78 is 0. The van der Waals surface area contributed by atoms with Crippen LogP contribution in [0.15, 0.2) is 42.5 Å². The van der Waals surface area contributed by atoms with Crippen LogP contribution in [0, 0.1) is 0 Å². The zero-order valence-corrected chi connectivity index (χ0v) is 10.9. The molecule has 0 atom stereocenters. The Morgan fingerprint density at radius 1 is 0.944 bits per heavy atom. The van der Waals surface area contributed by atoms with E-state index < -0.39 is 0 Å². The van der Waals surface area contributed by atoms with Gasteiger partial charge in [-0.3, -0.25) is 0 Å². The van der Waals surface area contributed by atoms with E-state index in [9.17, 15) is 0 Å². The van der Waals surface area contributed by atoms with E-state index in [-0.39, 0.29) is 0 Å². The molecule has 0 heterocycles. The lowest BCUT2D eigenvalue weighted by Crippen LogP contribution is -1.93. The molecule has 0 aromatic heterocycles. The lowest BCUT2D eigenvalue weighted by Gasteiger charge is -2.07. The Bertz CT molecular complexity index is 557. The first kappa shape index (κ1) is 11.3. The second-order valence-corrected chi connectivity index (χ2v) is 5.08. The van der Waals surface area contributed by atoms with Gasteiger partial charge in [-0.15, -0.1) is 0 Å². The predicted octanol–water partition coefficient (Wildman–Crippen LogP) is 3.81. The first-order chi connectivity index (χ1) is 8.85. The van der Waals surface area contributed by atoms with Gasteiger partial charge in [0.15, 0.2) is 0 Å². The minimum atomic E-state index is 1.03. The molecule has 1 heteroatoms. The highest BCUT2D eigenvalue weighted by Gasteiger charge is 2.10. The summed E-state index contributed by atoms with van der Waals surface area (Å²) in [4.78, 5) is 0. The number of hydrogen-bond acceptors (Lipinski definition) is 1. The maximum Gasteiger partial charge on any atom is 0.0340 e. The smallest absolute Gasteiger partial charge is 0.0340 e. The number of anilines is 1. The van der Waals surface area contributed by atoms with Crippen LogP contribution in [-0.2, 0) is 19.3 Å². The van der Waals surface area contributed by atoms with E-state index in [0.29, 0.717) is 0 Å². The zero-order valence-electron chi connectivity index (χ0n) is 10.9. The average molecular weight is 237 g/mol. The van der Waals surface area contributed by atoms with Gasteiger partial charge in [0.05, 0.1) is 0 Å². The van der Waals surface area contributed by atoms with Crippen molar-refractivity contribution in [1.29, 1.82) is 0 Å². The molecule has 1 aliphatic rings. The molecule has 1 aliphatic carbocycles. The van der Waals surface area contributed by atoms with Crippen molar-refractivity contribution >= 4 is 5.69 Å². The molecule has 18 heavy (non-hydrogen) atoms. The number of fused-ring (bicyclic) bond motifs is 1. The standard InChI is InChI=1S/C17H19N/c1-18-17-7-2-4-13(12-17)10-14-8-9-15-5-3-6-16(15)11-14/h2,4,7-9,11-12,18H,3,5-6,10H2,1H3. The van der Waals surface area contributed by atoms with E-state index in [1.165, 1.54) is 36.1 Å². The van der Waals surface area contributed by atoms with E-state index in [1.807, 2.05) is 7.05 Å². The van der Waals surface area contributed by atoms with Gasteiger partial charge in [-0.05, 0) is 60.1 Å². The number of benzene rings is 2. The van der Waals surface area contributed by atoms with E-state index in [1.54, 1.807) is 11.1 Å². The van der Waals surface area contributed by atoms with Crippen molar-refractivity contribution in [2.45, 2.75) is 25.7 Å². The fraction of sp³-hybridized carbons (Fsp3) is 0.294. The molecule has 1 nitrogen and oxygen atoms in total. The number of rotatable bonds is 3. The summed E-state index contributed by atoms with van der Waals surface area (Å²) in [5.74, 6) is 0. The second-order valence-electron chi connectivity index (χ2n) is 5.08. The number of hydrogen-bond donors (Lipinski definition) is 1. The van der Waals surface area contributed by atoms with E-state index >= 15 is 0 Å². The van der Waals surface area contributed by atoms with Crippen molar-refractivity contribution < 1.29 is 0 Å². The molecule has 0 saturated carbocycles. The van der Waals surface area contributed by atoms with Crippen molar-refractivity contribution in [3.63, 3.8) is 0 Å². The van der Waals surface area contributed by atoms with E-state index in [2.05, 4.69) is 47.8 Å². The second kappa shape index (κ2) is 4.85. The van der Waals surface area contributed by atoms with Crippen LogP contribution >= 0.6 is 0 Å². The van der Waals surface area contributed by atoms with Gasteiger partial charge in [-0.2, -0.15) is 0 Å². The van der Waals surface area contributed by atoms with Crippen molar-refractivity contribution in [3.05, 3.63) is 64.7 Å². The highest BCUT2D eigenvalue weighted by Crippen LogP contribution is 2.24. The summed E-state index contributed by atoms with van der Waals surface area (Å²) in [6.45, 7) is 0. The topological polar surface area (TPSA) is 12.0 Å². The summed E-state index contributed by atoms with van der Waals surface area (Å²) in [7, 11) is 1.97. The average Bonchev–Trinajstić information content (AvgIpc) is 2.86. The van der Waals surface area contributed by atoms with Crippen LogP contribution in [0.5, 0.6) is 0 Å². The van der Waals surface area contributed by atoms with Crippen LogP contribution in [0.3, 0.4) is 0 Å². The molecule has 0 bridgehead atoms. The third kappa shape index (κ3) is 2.26. The summed E-state index contributed by atoms with van der Waals surface area (Å²) in [5.41, 5.74) is 7.12. The Morgan fingerprint density at radius 2 is 1.78 bits per heavy atom.